The first-order valence-corrected chi connectivity index (χ1v) is 11.6. The SMILES string of the molecule is CC(C)[C@@H]1CC[C@@H](C)CC12OCC(O[Si](C)(C)C)CO2. The van der Waals surface area contributed by atoms with E-state index >= 15 is 0 Å². The number of hydrogen-bond acceptors (Lipinski definition) is 3. The van der Waals surface area contributed by atoms with E-state index in [9.17, 15) is 0 Å². The summed E-state index contributed by atoms with van der Waals surface area (Å²) in [5.74, 6) is 1.48. The molecule has 0 amide bonds. The fourth-order valence-corrected chi connectivity index (χ4v) is 4.86. The van der Waals surface area contributed by atoms with Gasteiger partial charge in [-0.3, -0.25) is 0 Å². The molecule has 1 aliphatic carbocycles. The molecule has 2 fully saturated rings. The molecule has 1 saturated heterocycles. The first-order valence-electron chi connectivity index (χ1n) is 8.17. The monoisotopic (exact) mass is 300 g/mol. The Bertz CT molecular complexity index is 316. The van der Waals surface area contributed by atoms with E-state index in [1.165, 1.54) is 12.8 Å². The molecule has 0 aromatic heterocycles. The minimum Gasteiger partial charge on any atom is -0.410 e. The van der Waals surface area contributed by atoms with E-state index in [2.05, 4.69) is 40.4 Å². The highest BCUT2D eigenvalue weighted by atomic mass is 28.4. The molecule has 20 heavy (non-hydrogen) atoms. The van der Waals surface area contributed by atoms with Crippen molar-refractivity contribution >= 4 is 8.32 Å². The second-order valence-corrected chi connectivity index (χ2v) is 12.5. The number of rotatable bonds is 3. The molecule has 4 heteroatoms. The molecule has 0 bridgehead atoms. The molecule has 2 aliphatic rings. The summed E-state index contributed by atoms with van der Waals surface area (Å²) >= 11 is 0. The summed E-state index contributed by atoms with van der Waals surface area (Å²) in [5, 5.41) is 0. The topological polar surface area (TPSA) is 27.7 Å². The summed E-state index contributed by atoms with van der Waals surface area (Å²) in [7, 11) is -1.52. The third-order valence-corrected chi connectivity index (χ3v) is 5.56. The second-order valence-electron chi connectivity index (χ2n) is 8.02. The van der Waals surface area contributed by atoms with E-state index in [0.29, 0.717) is 31.0 Å². The van der Waals surface area contributed by atoms with Gasteiger partial charge in [-0.2, -0.15) is 0 Å². The Morgan fingerprint density at radius 1 is 1.10 bits per heavy atom. The van der Waals surface area contributed by atoms with Gasteiger partial charge in [0.15, 0.2) is 14.1 Å². The summed E-state index contributed by atoms with van der Waals surface area (Å²) in [4.78, 5) is 0. The summed E-state index contributed by atoms with van der Waals surface area (Å²) in [5.41, 5.74) is 0. The van der Waals surface area contributed by atoms with E-state index in [1.54, 1.807) is 0 Å². The Morgan fingerprint density at radius 3 is 2.20 bits per heavy atom. The zero-order valence-electron chi connectivity index (χ0n) is 14.1. The van der Waals surface area contributed by atoms with Gasteiger partial charge in [-0.25, -0.2) is 0 Å². The molecular weight excluding hydrogens is 268 g/mol. The second kappa shape index (κ2) is 6.07. The first kappa shape index (κ1) is 16.5. The first-order chi connectivity index (χ1) is 9.22. The lowest BCUT2D eigenvalue weighted by Gasteiger charge is -2.51. The molecular formula is C16H32O3Si. The predicted octanol–water partition coefficient (Wildman–Crippen LogP) is 4.04. The summed E-state index contributed by atoms with van der Waals surface area (Å²) in [6, 6.07) is 0. The molecule has 118 valence electrons. The smallest absolute Gasteiger partial charge is 0.184 e. The van der Waals surface area contributed by atoms with Gasteiger partial charge in [0.2, 0.25) is 0 Å². The highest BCUT2D eigenvalue weighted by Gasteiger charge is 2.49. The van der Waals surface area contributed by atoms with E-state index < -0.39 is 8.32 Å². The molecule has 0 N–H and O–H groups in total. The maximum Gasteiger partial charge on any atom is 0.184 e. The van der Waals surface area contributed by atoms with E-state index in [1.807, 2.05) is 0 Å². The Hall–Kier alpha value is 0.0969. The van der Waals surface area contributed by atoms with Gasteiger partial charge in [0.1, 0.15) is 0 Å². The highest BCUT2D eigenvalue weighted by Crippen LogP contribution is 2.45. The Labute approximate surface area is 125 Å². The van der Waals surface area contributed by atoms with Gasteiger partial charge >= 0.3 is 0 Å². The van der Waals surface area contributed by atoms with Crippen molar-refractivity contribution in [1.82, 2.24) is 0 Å². The van der Waals surface area contributed by atoms with Gasteiger partial charge in [-0.15, -0.1) is 0 Å². The average Bonchev–Trinajstić information content (AvgIpc) is 2.30. The fraction of sp³-hybridized carbons (Fsp3) is 1.00. The maximum atomic E-state index is 6.28. The molecule has 1 aliphatic heterocycles. The molecule has 0 aromatic rings. The van der Waals surface area contributed by atoms with Crippen LogP contribution in [0.4, 0.5) is 0 Å². The van der Waals surface area contributed by atoms with Gasteiger partial charge in [-0.05, 0) is 37.9 Å². The van der Waals surface area contributed by atoms with Gasteiger partial charge < -0.3 is 13.9 Å². The summed E-state index contributed by atoms with van der Waals surface area (Å²) in [6.07, 6.45) is 3.68. The Morgan fingerprint density at radius 2 is 1.70 bits per heavy atom. The molecule has 3 nitrogen and oxygen atoms in total. The quantitative estimate of drug-likeness (QED) is 0.736. The van der Waals surface area contributed by atoms with Gasteiger partial charge in [0.25, 0.3) is 0 Å². The molecule has 0 radical (unpaired) electrons. The molecule has 2 rings (SSSR count). The van der Waals surface area contributed by atoms with E-state index in [-0.39, 0.29) is 11.9 Å². The van der Waals surface area contributed by atoms with Crippen LogP contribution in [0.5, 0.6) is 0 Å². The Kier molecular flexibility index (Phi) is 5.00. The minimum atomic E-state index is -1.52. The normalized spacial score (nSPS) is 39.5. The molecule has 2 atom stereocenters. The largest absolute Gasteiger partial charge is 0.410 e. The summed E-state index contributed by atoms with van der Waals surface area (Å²) < 4.78 is 18.7. The molecule has 0 unspecified atom stereocenters. The van der Waals surface area contributed by atoms with Crippen molar-refractivity contribution in [1.29, 1.82) is 0 Å². The van der Waals surface area contributed by atoms with Crippen LogP contribution in [0.2, 0.25) is 19.6 Å². The maximum absolute atomic E-state index is 6.28. The van der Waals surface area contributed by atoms with Crippen LogP contribution in [0, 0.1) is 17.8 Å². The fourth-order valence-electron chi connectivity index (χ4n) is 3.72. The third-order valence-electron chi connectivity index (χ3n) is 4.52. The Balaban J connectivity index is 2.01. The van der Waals surface area contributed by atoms with Crippen LogP contribution in [0.1, 0.15) is 40.0 Å². The van der Waals surface area contributed by atoms with Crippen LogP contribution in [-0.4, -0.2) is 33.4 Å². The molecule has 1 heterocycles. The molecule has 1 saturated carbocycles. The number of ether oxygens (including phenoxy) is 2. The average molecular weight is 301 g/mol. The van der Waals surface area contributed by atoms with Crippen LogP contribution in [0.15, 0.2) is 0 Å². The zero-order valence-corrected chi connectivity index (χ0v) is 15.1. The van der Waals surface area contributed by atoms with E-state index in [4.69, 9.17) is 13.9 Å². The van der Waals surface area contributed by atoms with Crippen molar-refractivity contribution in [3.63, 3.8) is 0 Å². The van der Waals surface area contributed by atoms with Crippen molar-refractivity contribution < 1.29 is 13.9 Å². The lowest BCUT2D eigenvalue weighted by Crippen LogP contribution is -2.56. The van der Waals surface area contributed by atoms with Crippen LogP contribution in [-0.2, 0) is 13.9 Å². The van der Waals surface area contributed by atoms with Crippen LogP contribution in [0.25, 0.3) is 0 Å². The summed E-state index contributed by atoms with van der Waals surface area (Å²) in [6.45, 7) is 14.9. The van der Waals surface area contributed by atoms with Gasteiger partial charge in [0.05, 0.1) is 19.3 Å². The van der Waals surface area contributed by atoms with Crippen molar-refractivity contribution in [2.45, 2.75) is 71.6 Å². The third kappa shape index (κ3) is 3.84. The predicted molar refractivity (Wildman–Crippen MR) is 84.2 cm³/mol. The van der Waals surface area contributed by atoms with E-state index in [0.717, 1.165) is 6.42 Å². The highest BCUT2D eigenvalue weighted by molar-refractivity contribution is 6.69. The molecule has 0 aromatic carbocycles. The van der Waals surface area contributed by atoms with Crippen LogP contribution < -0.4 is 0 Å². The van der Waals surface area contributed by atoms with Crippen LogP contribution >= 0.6 is 0 Å². The van der Waals surface area contributed by atoms with Crippen molar-refractivity contribution in [3.05, 3.63) is 0 Å². The zero-order chi connectivity index (χ0) is 15.0. The minimum absolute atomic E-state index is 0.123. The van der Waals surface area contributed by atoms with Crippen molar-refractivity contribution in [2.75, 3.05) is 13.2 Å². The molecule has 1 spiro atoms. The lowest BCUT2D eigenvalue weighted by atomic mass is 9.72. The number of hydrogen-bond donors (Lipinski definition) is 0. The van der Waals surface area contributed by atoms with Crippen molar-refractivity contribution in [2.24, 2.45) is 17.8 Å². The van der Waals surface area contributed by atoms with Gasteiger partial charge in [0, 0.05) is 12.3 Å². The van der Waals surface area contributed by atoms with Gasteiger partial charge in [-0.1, -0.05) is 27.2 Å². The standard InChI is InChI=1S/C16H32O3Si/c1-12(2)15-8-7-13(3)9-16(15)17-10-14(11-18-16)19-20(4,5)6/h12-15H,7-11H2,1-6H3/t13-,14?,15+,16?/m1/s1. The lowest BCUT2D eigenvalue weighted by molar-refractivity contribution is -0.334. The van der Waals surface area contributed by atoms with Crippen molar-refractivity contribution in [3.8, 4) is 0 Å². The van der Waals surface area contributed by atoms with Crippen LogP contribution in [0.3, 0.4) is 0 Å².